The Balaban J connectivity index is 1.93. The second-order valence-electron chi connectivity index (χ2n) is 6.52. The lowest BCUT2D eigenvalue weighted by Gasteiger charge is -2.38. The molecule has 136 valence electrons. The van der Waals surface area contributed by atoms with E-state index in [1.807, 2.05) is 6.92 Å². The molecule has 25 heavy (non-hydrogen) atoms. The summed E-state index contributed by atoms with van der Waals surface area (Å²) in [6, 6.07) is 6.55. The Kier molecular flexibility index (Phi) is 5.27. The Hall–Kier alpha value is -2.08. The van der Waals surface area contributed by atoms with Gasteiger partial charge in [-0.3, -0.25) is 0 Å². The molecule has 1 aromatic carbocycles. The normalized spacial score (nSPS) is 20.9. The molecule has 0 saturated carbocycles. The predicted molar refractivity (Wildman–Crippen MR) is 96.9 cm³/mol. The molecular formula is C19H27N3O3. The third-order valence-corrected chi connectivity index (χ3v) is 4.92. The first kappa shape index (κ1) is 17.7. The van der Waals surface area contributed by atoms with E-state index in [2.05, 4.69) is 36.6 Å². The van der Waals surface area contributed by atoms with E-state index in [4.69, 9.17) is 14.5 Å². The molecule has 6 heteroatoms. The number of amides is 1. The summed E-state index contributed by atoms with van der Waals surface area (Å²) >= 11 is 0. The van der Waals surface area contributed by atoms with E-state index in [0.29, 0.717) is 19.7 Å². The topological polar surface area (TPSA) is 56.6 Å². The standard InChI is InChI=1S/C19H27N3O3/c1-5-18-20-14-11-13(3)7-8-15(14)22(18)16-9-10-21(12-17(16)24-4)19(23)25-6-2/h7-8,11,16-17H,5-6,9-10,12H2,1-4H3. The van der Waals surface area contributed by atoms with Crippen molar-refractivity contribution in [1.29, 1.82) is 0 Å². The van der Waals surface area contributed by atoms with Gasteiger partial charge in [-0.15, -0.1) is 0 Å². The first-order chi connectivity index (χ1) is 12.1. The molecular weight excluding hydrogens is 318 g/mol. The minimum absolute atomic E-state index is 0.0813. The van der Waals surface area contributed by atoms with Crippen LogP contribution in [-0.4, -0.2) is 53.5 Å². The zero-order valence-corrected chi connectivity index (χ0v) is 15.5. The van der Waals surface area contributed by atoms with E-state index in [9.17, 15) is 4.79 Å². The molecule has 0 radical (unpaired) electrons. The number of aromatic nitrogens is 2. The van der Waals surface area contributed by atoms with Gasteiger partial charge in [0.15, 0.2) is 0 Å². The van der Waals surface area contributed by atoms with Crippen molar-refractivity contribution in [3.05, 3.63) is 29.6 Å². The Labute approximate surface area is 148 Å². The second kappa shape index (κ2) is 7.44. The van der Waals surface area contributed by atoms with Crippen LogP contribution < -0.4 is 0 Å². The number of ether oxygens (including phenoxy) is 2. The zero-order valence-electron chi connectivity index (χ0n) is 15.5. The molecule has 0 bridgehead atoms. The van der Waals surface area contributed by atoms with Crippen LogP contribution in [0.25, 0.3) is 11.0 Å². The maximum Gasteiger partial charge on any atom is 0.409 e. The van der Waals surface area contributed by atoms with Gasteiger partial charge in [0.05, 0.1) is 36.3 Å². The van der Waals surface area contributed by atoms with E-state index >= 15 is 0 Å². The van der Waals surface area contributed by atoms with Gasteiger partial charge in [-0.05, 0) is 38.0 Å². The minimum atomic E-state index is -0.259. The molecule has 1 saturated heterocycles. The van der Waals surface area contributed by atoms with Crippen LogP contribution in [0.5, 0.6) is 0 Å². The average molecular weight is 345 g/mol. The molecule has 0 aliphatic carbocycles. The van der Waals surface area contributed by atoms with Crippen molar-refractivity contribution in [2.45, 2.75) is 45.8 Å². The van der Waals surface area contributed by atoms with Crippen molar-refractivity contribution in [1.82, 2.24) is 14.5 Å². The molecule has 2 atom stereocenters. The number of fused-ring (bicyclic) bond motifs is 1. The third-order valence-electron chi connectivity index (χ3n) is 4.92. The Morgan fingerprint density at radius 1 is 1.36 bits per heavy atom. The largest absolute Gasteiger partial charge is 0.450 e. The summed E-state index contributed by atoms with van der Waals surface area (Å²) in [5.41, 5.74) is 3.37. The maximum atomic E-state index is 12.1. The van der Waals surface area contributed by atoms with Crippen molar-refractivity contribution < 1.29 is 14.3 Å². The number of rotatable bonds is 4. The van der Waals surface area contributed by atoms with Crippen molar-refractivity contribution in [3.8, 4) is 0 Å². The number of carbonyl (C=O) groups excluding carboxylic acids is 1. The Bertz CT molecular complexity index is 756. The molecule has 1 fully saturated rings. The fourth-order valence-electron chi connectivity index (χ4n) is 3.69. The van der Waals surface area contributed by atoms with E-state index in [-0.39, 0.29) is 18.2 Å². The third kappa shape index (κ3) is 3.35. The van der Waals surface area contributed by atoms with Gasteiger partial charge < -0.3 is 18.9 Å². The number of piperidine rings is 1. The molecule has 0 spiro atoms. The van der Waals surface area contributed by atoms with Crippen LogP contribution in [-0.2, 0) is 15.9 Å². The number of aryl methyl sites for hydroxylation is 2. The van der Waals surface area contributed by atoms with Gasteiger partial charge >= 0.3 is 6.09 Å². The number of nitrogens with zero attached hydrogens (tertiary/aromatic N) is 3. The van der Waals surface area contributed by atoms with Crippen molar-refractivity contribution in [2.75, 3.05) is 26.8 Å². The van der Waals surface area contributed by atoms with Crippen molar-refractivity contribution in [2.24, 2.45) is 0 Å². The minimum Gasteiger partial charge on any atom is -0.450 e. The predicted octanol–water partition coefficient (Wildman–Crippen LogP) is 3.33. The summed E-state index contributed by atoms with van der Waals surface area (Å²) in [5.74, 6) is 1.07. The fourth-order valence-corrected chi connectivity index (χ4v) is 3.69. The molecule has 2 aromatic rings. The summed E-state index contributed by atoms with van der Waals surface area (Å²) < 4.78 is 13.2. The van der Waals surface area contributed by atoms with Gasteiger partial charge in [0.2, 0.25) is 0 Å². The van der Waals surface area contributed by atoms with E-state index in [1.165, 1.54) is 5.56 Å². The van der Waals surface area contributed by atoms with Crippen LogP contribution in [0.2, 0.25) is 0 Å². The summed E-state index contributed by atoms with van der Waals surface area (Å²) in [6.07, 6.45) is 1.35. The average Bonchev–Trinajstić information content (AvgIpc) is 2.98. The second-order valence-corrected chi connectivity index (χ2v) is 6.52. The van der Waals surface area contributed by atoms with E-state index < -0.39 is 0 Å². The highest BCUT2D eigenvalue weighted by Gasteiger charge is 2.35. The fraction of sp³-hybridized carbons (Fsp3) is 0.579. The van der Waals surface area contributed by atoms with Crippen LogP contribution in [0.15, 0.2) is 18.2 Å². The smallest absolute Gasteiger partial charge is 0.409 e. The lowest BCUT2D eigenvalue weighted by atomic mass is 10.0. The van der Waals surface area contributed by atoms with E-state index in [1.54, 1.807) is 12.0 Å². The van der Waals surface area contributed by atoms with Gasteiger partial charge in [-0.1, -0.05) is 13.0 Å². The van der Waals surface area contributed by atoms with Crippen LogP contribution in [0, 0.1) is 6.92 Å². The molecule has 2 unspecified atom stereocenters. The number of likely N-dealkylation sites (tertiary alicyclic amines) is 1. The highest BCUT2D eigenvalue weighted by Crippen LogP contribution is 2.31. The van der Waals surface area contributed by atoms with E-state index in [0.717, 1.165) is 29.7 Å². The maximum absolute atomic E-state index is 12.1. The number of carbonyl (C=O) groups is 1. The summed E-state index contributed by atoms with van der Waals surface area (Å²) in [4.78, 5) is 18.6. The van der Waals surface area contributed by atoms with Crippen LogP contribution in [0.4, 0.5) is 4.79 Å². The lowest BCUT2D eigenvalue weighted by molar-refractivity contribution is -0.00614. The molecule has 1 aromatic heterocycles. The van der Waals surface area contributed by atoms with Gasteiger partial charge in [-0.2, -0.15) is 0 Å². The molecule has 1 amide bonds. The summed E-state index contributed by atoms with van der Waals surface area (Å²) in [5, 5.41) is 0. The number of imidazole rings is 1. The summed E-state index contributed by atoms with van der Waals surface area (Å²) in [6.45, 7) is 7.63. The monoisotopic (exact) mass is 345 g/mol. The molecule has 0 N–H and O–H groups in total. The first-order valence-electron chi connectivity index (χ1n) is 9.01. The van der Waals surface area contributed by atoms with Crippen molar-refractivity contribution >= 4 is 17.1 Å². The van der Waals surface area contributed by atoms with Gasteiger partial charge in [0.25, 0.3) is 0 Å². The Morgan fingerprint density at radius 2 is 2.16 bits per heavy atom. The molecule has 1 aliphatic rings. The number of hydrogen-bond acceptors (Lipinski definition) is 4. The number of benzene rings is 1. The molecule has 3 rings (SSSR count). The van der Waals surface area contributed by atoms with Crippen LogP contribution in [0.3, 0.4) is 0 Å². The molecule has 2 heterocycles. The SMILES string of the molecule is CCOC(=O)N1CCC(n2c(CC)nc3cc(C)ccc32)C(OC)C1. The van der Waals surface area contributed by atoms with Crippen molar-refractivity contribution in [3.63, 3.8) is 0 Å². The summed E-state index contributed by atoms with van der Waals surface area (Å²) in [7, 11) is 1.71. The number of hydrogen-bond donors (Lipinski definition) is 0. The highest BCUT2D eigenvalue weighted by molar-refractivity contribution is 5.77. The quantitative estimate of drug-likeness (QED) is 0.853. The molecule has 6 nitrogen and oxygen atoms in total. The van der Waals surface area contributed by atoms with Crippen LogP contribution in [0.1, 0.15) is 37.7 Å². The number of methoxy groups -OCH3 is 1. The molecule has 1 aliphatic heterocycles. The Morgan fingerprint density at radius 3 is 2.84 bits per heavy atom. The first-order valence-corrected chi connectivity index (χ1v) is 9.01. The zero-order chi connectivity index (χ0) is 18.0. The van der Waals surface area contributed by atoms with Crippen LogP contribution >= 0.6 is 0 Å². The van der Waals surface area contributed by atoms with Gasteiger partial charge in [0, 0.05) is 20.1 Å². The highest BCUT2D eigenvalue weighted by atomic mass is 16.6. The van der Waals surface area contributed by atoms with Gasteiger partial charge in [-0.25, -0.2) is 9.78 Å². The van der Waals surface area contributed by atoms with Gasteiger partial charge in [0.1, 0.15) is 5.82 Å². The lowest BCUT2D eigenvalue weighted by Crippen LogP contribution is -2.48.